The van der Waals surface area contributed by atoms with Gasteiger partial charge in [0.2, 0.25) is 0 Å². The molecule has 0 saturated heterocycles. The van der Waals surface area contributed by atoms with Gasteiger partial charge in [0, 0.05) is 11.0 Å². The minimum atomic E-state index is -0.464. The van der Waals surface area contributed by atoms with Gasteiger partial charge in [0.15, 0.2) is 0 Å². The van der Waals surface area contributed by atoms with Crippen LogP contribution in [0.5, 0.6) is 0 Å². The molecule has 5 nitrogen and oxygen atoms in total. The molecule has 0 amide bonds. The third kappa shape index (κ3) is 3.96. The standard InChI is InChI=1S/C13H15N3O2/c1-10(11-6-4-3-5-7-11)12(15-16-14)8-9-13(17)18-2/h3-10,12H,1-2H3/b9-8+/t10-,12-/m1/s1. The molecule has 18 heavy (non-hydrogen) atoms. The second kappa shape index (κ2) is 7.14. The fourth-order valence-electron chi connectivity index (χ4n) is 1.56. The molecule has 2 atom stereocenters. The maximum absolute atomic E-state index is 11.0. The van der Waals surface area contributed by atoms with Gasteiger partial charge in [-0.2, -0.15) is 0 Å². The molecule has 94 valence electrons. The van der Waals surface area contributed by atoms with Gasteiger partial charge in [-0.1, -0.05) is 48.4 Å². The zero-order valence-corrected chi connectivity index (χ0v) is 10.4. The van der Waals surface area contributed by atoms with Crippen molar-refractivity contribution in [3.8, 4) is 0 Å². The van der Waals surface area contributed by atoms with Crippen LogP contribution >= 0.6 is 0 Å². The Morgan fingerprint density at radius 1 is 1.44 bits per heavy atom. The summed E-state index contributed by atoms with van der Waals surface area (Å²) >= 11 is 0. The highest BCUT2D eigenvalue weighted by atomic mass is 16.5. The summed E-state index contributed by atoms with van der Waals surface area (Å²) in [4.78, 5) is 13.8. The van der Waals surface area contributed by atoms with Crippen LogP contribution in [0, 0.1) is 0 Å². The first-order chi connectivity index (χ1) is 8.69. The van der Waals surface area contributed by atoms with Crippen molar-refractivity contribution in [2.24, 2.45) is 5.11 Å². The van der Waals surface area contributed by atoms with Crippen LogP contribution in [0.15, 0.2) is 47.6 Å². The van der Waals surface area contributed by atoms with E-state index in [9.17, 15) is 4.79 Å². The van der Waals surface area contributed by atoms with Crippen LogP contribution in [-0.4, -0.2) is 19.1 Å². The van der Waals surface area contributed by atoms with E-state index in [2.05, 4.69) is 14.8 Å². The van der Waals surface area contributed by atoms with E-state index in [1.165, 1.54) is 13.2 Å². The summed E-state index contributed by atoms with van der Waals surface area (Å²) in [5.41, 5.74) is 9.61. The van der Waals surface area contributed by atoms with E-state index in [-0.39, 0.29) is 5.92 Å². The molecule has 0 bridgehead atoms. The van der Waals surface area contributed by atoms with E-state index in [0.717, 1.165) is 5.56 Å². The van der Waals surface area contributed by atoms with Gasteiger partial charge in [0.25, 0.3) is 0 Å². The Morgan fingerprint density at radius 2 is 2.11 bits per heavy atom. The first-order valence-electron chi connectivity index (χ1n) is 5.54. The summed E-state index contributed by atoms with van der Waals surface area (Å²) in [5, 5.41) is 3.69. The molecule has 0 heterocycles. The van der Waals surface area contributed by atoms with E-state index in [1.54, 1.807) is 6.08 Å². The third-order valence-corrected chi connectivity index (χ3v) is 2.65. The molecule has 0 aromatic heterocycles. The van der Waals surface area contributed by atoms with Crippen LogP contribution in [0.4, 0.5) is 0 Å². The van der Waals surface area contributed by atoms with Crippen molar-refractivity contribution >= 4 is 5.97 Å². The van der Waals surface area contributed by atoms with E-state index < -0.39 is 12.0 Å². The first kappa shape index (κ1) is 13.8. The van der Waals surface area contributed by atoms with Gasteiger partial charge < -0.3 is 4.74 Å². The van der Waals surface area contributed by atoms with Crippen molar-refractivity contribution in [3.05, 3.63) is 58.5 Å². The van der Waals surface area contributed by atoms with Crippen LogP contribution in [0.25, 0.3) is 10.4 Å². The van der Waals surface area contributed by atoms with Crippen molar-refractivity contribution in [1.29, 1.82) is 0 Å². The van der Waals surface area contributed by atoms with Crippen molar-refractivity contribution in [2.75, 3.05) is 7.11 Å². The fraction of sp³-hybridized carbons (Fsp3) is 0.308. The molecule has 1 aromatic rings. The normalized spacial score (nSPS) is 13.7. The Hall–Kier alpha value is -2.26. The van der Waals surface area contributed by atoms with Crippen LogP contribution < -0.4 is 0 Å². The summed E-state index contributed by atoms with van der Waals surface area (Å²) < 4.78 is 4.50. The van der Waals surface area contributed by atoms with E-state index >= 15 is 0 Å². The number of rotatable bonds is 5. The summed E-state index contributed by atoms with van der Waals surface area (Å²) in [7, 11) is 1.30. The predicted octanol–water partition coefficient (Wildman–Crippen LogP) is 3.20. The summed E-state index contributed by atoms with van der Waals surface area (Å²) in [6, 6.07) is 9.25. The largest absolute Gasteiger partial charge is 0.466 e. The quantitative estimate of drug-likeness (QED) is 0.262. The highest BCUT2D eigenvalue weighted by Crippen LogP contribution is 2.22. The van der Waals surface area contributed by atoms with Gasteiger partial charge in [-0.15, -0.1) is 0 Å². The second-order valence-corrected chi connectivity index (χ2v) is 3.78. The number of ether oxygens (including phenoxy) is 1. The Kier molecular flexibility index (Phi) is 5.48. The molecule has 0 saturated carbocycles. The van der Waals surface area contributed by atoms with Gasteiger partial charge in [-0.3, -0.25) is 0 Å². The average molecular weight is 245 g/mol. The van der Waals surface area contributed by atoms with Crippen molar-refractivity contribution in [2.45, 2.75) is 18.9 Å². The SMILES string of the molecule is COC(=O)/C=C/[C@@H](N=[N+]=[N-])[C@H](C)c1ccccc1. The number of azide groups is 1. The van der Waals surface area contributed by atoms with Crippen molar-refractivity contribution < 1.29 is 9.53 Å². The molecular weight excluding hydrogens is 230 g/mol. The average Bonchev–Trinajstić information content (AvgIpc) is 2.43. The zero-order valence-electron chi connectivity index (χ0n) is 10.4. The lowest BCUT2D eigenvalue weighted by Gasteiger charge is -2.16. The lowest BCUT2D eigenvalue weighted by Crippen LogP contribution is -2.11. The lowest BCUT2D eigenvalue weighted by atomic mass is 9.93. The highest BCUT2D eigenvalue weighted by molar-refractivity contribution is 5.81. The summed E-state index contributed by atoms with van der Waals surface area (Å²) in [5.74, 6) is -0.476. The molecule has 0 N–H and O–H groups in total. The summed E-state index contributed by atoms with van der Waals surface area (Å²) in [6.07, 6.45) is 2.84. The van der Waals surface area contributed by atoms with Crippen molar-refractivity contribution in [3.63, 3.8) is 0 Å². The number of hydrogen-bond acceptors (Lipinski definition) is 3. The number of esters is 1. The molecule has 1 rings (SSSR count). The lowest BCUT2D eigenvalue weighted by molar-refractivity contribution is -0.134. The Labute approximate surface area is 106 Å². The molecule has 0 aliphatic carbocycles. The molecule has 5 heteroatoms. The number of carbonyl (C=O) groups excluding carboxylic acids is 1. The van der Waals surface area contributed by atoms with Gasteiger partial charge in [0.05, 0.1) is 13.2 Å². The minimum absolute atomic E-state index is 0.0111. The maximum Gasteiger partial charge on any atom is 0.330 e. The monoisotopic (exact) mass is 245 g/mol. The van der Waals surface area contributed by atoms with Crippen molar-refractivity contribution in [1.82, 2.24) is 0 Å². The van der Waals surface area contributed by atoms with Crippen LogP contribution in [0.1, 0.15) is 18.4 Å². The van der Waals surface area contributed by atoms with Gasteiger partial charge in [-0.25, -0.2) is 4.79 Å². The number of hydrogen-bond donors (Lipinski definition) is 0. The number of carbonyl (C=O) groups is 1. The zero-order chi connectivity index (χ0) is 13.4. The summed E-state index contributed by atoms with van der Waals surface area (Å²) in [6.45, 7) is 1.94. The molecular formula is C13H15N3O2. The van der Waals surface area contributed by atoms with Gasteiger partial charge >= 0.3 is 5.97 Å². The van der Waals surface area contributed by atoms with Crippen LogP contribution in [0.3, 0.4) is 0 Å². The topological polar surface area (TPSA) is 75.1 Å². The van der Waals surface area contributed by atoms with E-state index in [4.69, 9.17) is 5.53 Å². The maximum atomic E-state index is 11.0. The molecule has 0 aliphatic heterocycles. The van der Waals surface area contributed by atoms with Crippen LogP contribution in [0.2, 0.25) is 0 Å². The Bertz CT molecular complexity index is 464. The highest BCUT2D eigenvalue weighted by Gasteiger charge is 2.15. The fourth-order valence-corrected chi connectivity index (χ4v) is 1.56. The molecule has 0 unspecified atom stereocenters. The first-order valence-corrected chi connectivity index (χ1v) is 5.54. The number of methoxy groups -OCH3 is 1. The van der Waals surface area contributed by atoms with Crippen LogP contribution in [-0.2, 0) is 9.53 Å². The third-order valence-electron chi connectivity index (χ3n) is 2.65. The molecule has 0 aliphatic rings. The van der Waals surface area contributed by atoms with E-state index in [0.29, 0.717) is 0 Å². The molecule has 1 aromatic carbocycles. The molecule has 0 spiro atoms. The smallest absolute Gasteiger partial charge is 0.330 e. The molecule has 0 fully saturated rings. The Morgan fingerprint density at radius 3 is 2.67 bits per heavy atom. The predicted molar refractivity (Wildman–Crippen MR) is 68.9 cm³/mol. The number of benzene rings is 1. The Balaban J connectivity index is 2.88. The number of nitrogens with zero attached hydrogens (tertiary/aromatic N) is 3. The van der Waals surface area contributed by atoms with Gasteiger partial charge in [0.1, 0.15) is 0 Å². The molecule has 0 radical (unpaired) electrons. The minimum Gasteiger partial charge on any atom is -0.466 e. The van der Waals surface area contributed by atoms with Gasteiger partial charge in [-0.05, 0) is 17.0 Å². The second-order valence-electron chi connectivity index (χ2n) is 3.78. The van der Waals surface area contributed by atoms with E-state index in [1.807, 2.05) is 37.3 Å².